The van der Waals surface area contributed by atoms with E-state index in [-0.39, 0.29) is 57.6 Å². The van der Waals surface area contributed by atoms with Crippen LogP contribution in [0.2, 0.25) is 0 Å². The average molecular weight is 811 g/mol. The van der Waals surface area contributed by atoms with Crippen LogP contribution in [0.4, 0.5) is 11.4 Å². The standard InChI is InChI=1S/C43H58N2O13/c1-19-12-11-13-20(2)42(54)44-27-18-28(45-16-14-29(48)34(45)25(7)46)31-32(38(27)52)37(51)24(6)40-33(31)41(53)43(9,58-40)56-17-15-30(55-10)21(3)39(57-26(8)47)23(5)36(50)22(4)35(19)49/h11-13,15,17-19,21-23,25,29-30,34-36,39,46,48-52H,14,16H2,1-10H3,(H,44,54)/b12-11+,17-15?,20-13?. The van der Waals surface area contributed by atoms with Crippen molar-refractivity contribution >= 4 is 39.8 Å². The molecule has 0 saturated carbocycles. The summed E-state index contributed by atoms with van der Waals surface area (Å²) in [5.41, 5.74) is 0.384. The molecule has 4 aliphatic rings. The van der Waals surface area contributed by atoms with E-state index in [2.05, 4.69) is 5.32 Å². The van der Waals surface area contributed by atoms with Gasteiger partial charge in [0.05, 0.1) is 59.5 Å². The zero-order valence-corrected chi connectivity index (χ0v) is 34.7. The summed E-state index contributed by atoms with van der Waals surface area (Å²) in [6.45, 7) is 14.4. The molecule has 6 rings (SSSR count). The number of carbonyl (C=O) groups is 3. The molecule has 1 saturated heterocycles. The second-order valence-electron chi connectivity index (χ2n) is 16.2. The topological polar surface area (TPSA) is 225 Å². The first-order valence-electron chi connectivity index (χ1n) is 19.6. The van der Waals surface area contributed by atoms with Crippen molar-refractivity contribution in [2.75, 3.05) is 23.9 Å². The van der Waals surface area contributed by atoms with Gasteiger partial charge in [-0.3, -0.25) is 14.4 Å². The van der Waals surface area contributed by atoms with Crippen molar-refractivity contribution in [2.24, 2.45) is 23.7 Å². The SMILES string of the molecule is COC1C=COC2(C)Oc3c(C)c(O)c4c(O)c(cc(N5CCC(O)C5C(C)O)c4c3C2=O)NC(=O)C(C)=C/C=C/C(C)C(O)C(C)C(O)C(C)C(OC(C)=O)C1C. The Kier molecular flexibility index (Phi) is 13.2. The second kappa shape index (κ2) is 17.3. The molecule has 4 aliphatic heterocycles. The second-order valence-corrected chi connectivity index (χ2v) is 16.2. The number of ketones is 1. The number of phenols is 2. The predicted molar refractivity (Wildman–Crippen MR) is 216 cm³/mol. The summed E-state index contributed by atoms with van der Waals surface area (Å²) in [7, 11) is 1.44. The highest BCUT2D eigenvalue weighted by atomic mass is 16.7. The number of rotatable bonds is 4. The largest absolute Gasteiger partial charge is 0.507 e. The van der Waals surface area contributed by atoms with Crippen LogP contribution in [0.5, 0.6) is 17.2 Å². The van der Waals surface area contributed by atoms with Crippen molar-refractivity contribution in [2.45, 2.75) is 117 Å². The molecule has 0 aliphatic carbocycles. The maximum Gasteiger partial charge on any atom is 0.312 e. The van der Waals surface area contributed by atoms with Crippen LogP contribution >= 0.6 is 0 Å². The molecular formula is C43H58N2O13. The minimum atomic E-state index is -2.01. The first kappa shape index (κ1) is 44.4. The number of Topliss-reactive ketones (excluding diaryl/α,β-unsaturated/α-hetero) is 1. The third-order valence-corrected chi connectivity index (χ3v) is 12.1. The summed E-state index contributed by atoms with van der Waals surface area (Å²) in [5, 5.41) is 70.7. The molecule has 1 fully saturated rings. The fraction of sp³-hybridized carbons (Fsp3) is 0.558. The van der Waals surface area contributed by atoms with Gasteiger partial charge in [-0.25, -0.2) is 0 Å². The highest BCUT2D eigenvalue weighted by molar-refractivity contribution is 6.23. The Morgan fingerprint density at radius 2 is 1.67 bits per heavy atom. The van der Waals surface area contributed by atoms with Gasteiger partial charge in [-0.2, -0.15) is 0 Å². The lowest BCUT2D eigenvalue weighted by atomic mass is 9.78. The van der Waals surface area contributed by atoms with Crippen molar-refractivity contribution in [3.05, 3.63) is 53.3 Å². The number of fused-ring (bicyclic) bond motifs is 14. The number of benzene rings is 2. The molecule has 0 spiro atoms. The Morgan fingerprint density at radius 3 is 2.29 bits per heavy atom. The number of allylic oxidation sites excluding steroid dienone is 2. The minimum absolute atomic E-state index is 0.0207. The number of nitrogens with zero attached hydrogens (tertiary/aromatic N) is 1. The van der Waals surface area contributed by atoms with Gasteiger partial charge < -0.3 is 59.8 Å². The number of ether oxygens (including phenoxy) is 4. The number of nitrogens with one attached hydrogen (secondary N) is 1. The molecule has 7 N–H and O–H groups in total. The molecule has 12 atom stereocenters. The van der Waals surface area contributed by atoms with Crippen LogP contribution in [0.25, 0.3) is 10.8 Å². The van der Waals surface area contributed by atoms with E-state index in [4.69, 9.17) is 18.9 Å². The Morgan fingerprint density at radius 1 is 1.00 bits per heavy atom. The number of aromatic hydroxyl groups is 2. The van der Waals surface area contributed by atoms with Crippen molar-refractivity contribution in [3.63, 3.8) is 0 Å². The molecule has 318 valence electrons. The smallest absolute Gasteiger partial charge is 0.312 e. The number of carbonyl (C=O) groups excluding carboxylic acids is 3. The number of phenolic OH excluding ortho intramolecular Hbond substituents is 2. The minimum Gasteiger partial charge on any atom is -0.507 e. The molecule has 58 heavy (non-hydrogen) atoms. The number of esters is 1. The molecule has 1 amide bonds. The number of hydrogen-bond acceptors (Lipinski definition) is 14. The van der Waals surface area contributed by atoms with Gasteiger partial charge in [0, 0.05) is 73.4 Å². The fourth-order valence-corrected chi connectivity index (χ4v) is 8.54. The quantitative estimate of drug-likeness (QED) is 0.168. The molecule has 2 aromatic carbocycles. The maximum absolute atomic E-state index is 14.6. The highest BCUT2D eigenvalue weighted by Crippen LogP contribution is 2.54. The van der Waals surface area contributed by atoms with Gasteiger partial charge in [0.2, 0.25) is 0 Å². The van der Waals surface area contributed by atoms with Crippen molar-refractivity contribution < 1.29 is 64.0 Å². The van der Waals surface area contributed by atoms with E-state index in [0.717, 1.165) is 0 Å². The maximum atomic E-state index is 14.6. The van der Waals surface area contributed by atoms with E-state index in [1.165, 1.54) is 59.3 Å². The van der Waals surface area contributed by atoms with E-state index in [1.807, 2.05) is 0 Å². The van der Waals surface area contributed by atoms with Crippen LogP contribution in [0, 0.1) is 30.6 Å². The third kappa shape index (κ3) is 8.15. The van der Waals surface area contributed by atoms with Crippen molar-refractivity contribution in [1.82, 2.24) is 0 Å². The Labute approximate surface area is 338 Å². The molecule has 2 aromatic rings. The summed E-state index contributed by atoms with van der Waals surface area (Å²) in [6, 6.07) is 0.573. The molecule has 15 nitrogen and oxygen atoms in total. The Balaban J connectivity index is 1.73. The lowest BCUT2D eigenvalue weighted by Gasteiger charge is -2.38. The van der Waals surface area contributed by atoms with E-state index in [0.29, 0.717) is 0 Å². The molecular weight excluding hydrogens is 752 g/mol. The van der Waals surface area contributed by atoms with Crippen LogP contribution in [0.3, 0.4) is 0 Å². The third-order valence-electron chi connectivity index (χ3n) is 12.1. The number of amides is 1. The van der Waals surface area contributed by atoms with Crippen molar-refractivity contribution in [3.8, 4) is 17.2 Å². The number of aliphatic hydroxyl groups excluding tert-OH is 4. The first-order valence-corrected chi connectivity index (χ1v) is 19.6. The van der Waals surface area contributed by atoms with Gasteiger partial charge in [-0.15, -0.1) is 0 Å². The average Bonchev–Trinajstić information content (AvgIpc) is 3.69. The molecule has 4 heterocycles. The summed E-state index contributed by atoms with van der Waals surface area (Å²) >= 11 is 0. The lowest BCUT2D eigenvalue weighted by Crippen LogP contribution is -2.46. The number of methoxy groups -OCH3 is 1. The lowest BCUT2D eigenvalue weighted by molar-refractivity contribution is -0.160. The van der Waals surface area contributed by atoms with E-state index >= 15 is 0 Å². The van der Waals surface area contributed by atoms with Gasteiger partial charge in [0.15, 0.2) is 5.75 Å². The summed E-state index contributed by atoms with van der Waals surface area (Å²) < 4.78 is 23.8. The van der Waals surface area contributed by atoms with Crippen LogP contribution in [-0.4, -0.2) is 110 Å². The number of aliphatic hydroxyl groups is 4. The van der Waals surface area contributed by atoms with Crippen LogP contribution in [-0.2, 0) is 23.8 Å². The van der Waals surface area contributed by atoms with E-state index < -0.39 is 101 Å². The summed E-state index contributed by atoms with van der Waals surface area (Å²) in [5.74, 6) is -7.35. The van der Waals surface area contributed by atoms with Gasteiger partial charge in [0.1, 0.15) is 17.6 Å². The molecule has 0 aromatic heterocycles. The van der Waals surface area contributed by atoms with Crippen LogP contribution in [0.15, 0.2) is 42.2 Å². The number of anilines is 2. The van der Waals surface area contributed by atoms with E-state index in [9.17, 15) is 45.0 Å². The predicted octanol–water partition coefficient (Wildman–Crippen LogP) is 4.37. The zero-order chi connectivity index (χ0) is 43.1. The van der Waals surface area contributed by atoms with Gasteiger partial charge >= 0.3 is 11.8 Å². The van der Waals surface area contributed by atoms with Gasteiger partial charge in [0.25, 0.3) is 11.7 Å². The number of hydrogen-bond donors (Lipinski definition) is 7. The molecule has 15 heteroatoms. The Hall–Kier alpha value is -4.67. The van der Waals surface area contributed by atoms with Crippen LogP contribution in [0.1, 0.15) is 77.7 Å². The summed E-state index contributed by atoms with van der Waals surface area (Å²) in [4.78, 5) is 42.3. The van der Waals surface area contributed by atoms with Crippen LogP contribution < -0.4 is 15.0 Å². The van der Waals surface area contributed by atoms with Gasteiger partial charge in [-0.05, 0) is 39.3 Å². The summed E-state index contributed by atoms with van der Waals surface area (Å²) in [6.07, 6.45) is 1.89. The highest BCUT2D eigenvalue weighted by Gasteiger charge is 2.50. The van der Waals surface area contributed by atoms with Crippen molar-refractivity contribution in [1.29, 1.82) is 0 Å². The van der Waals surface area contributed by atoms with E-state index in [1.54, 1.807) is 51.7 Å². The monoisotopic (exact) mass is 810 g/mol. The zero-order valence-electron chi connectivity index (χ0n) is 34.7. The first-order chi connectivity index (χ1) is 27.2. The molecule has 12 unspecified atom stereocenters. The Bertz CT molecular complexity index is 2010. The molecule has 0 radical (unpaired) electrons. The fourth-order valence-electron chi connectivity index (χ4n) is 8.54. The molecule has 5 bridgehead atoms. The normalized spacial score (nSPS) is 33.4. The van der Waals surface area contributed by atoms with Gasteiger partial charge in [-0.1, -0.05) is 45.9 Å².